The van der Waals surface area contributed by atoms with Gasteiger partial charge in [-0.3, -0.25) is 0 Å². The lowest BCUT2D eigenvalue weighted by molar-refractivity contribution is 1.18. The molecule has 12 aromatic carbocycles. The molecule has 0 aliphatic rings. The van der Waals surface area contributed by atoms with Crippen LogP contribution >= 0.6 is 0 Å². The van der Waals surface area contributed by atoms with Crippen molar-refractivity contribution in [2.75, 3.05) is 4.90 Å². The number of para-hydroxylation sites is 2. The van der Waals surface area contributed by atoms with Crippen LogP contribution in [0.1, 0.15) is 0 Å². The molecule has 1 aromatic heterocycles. The molecule has 13 rings (SSSR count). The van der Waals surface area contributed by atoms with Crippen LogP contribution in [0.4, 0.5) is 17.1 Å². The lowest BCUT2D eigenvalue weighted by Gasteiger charge is -2.29. The number of hydrogen-bond donors (Lipinski definition) is 0. The van der Waals surface area contributed by atoms with Gasteiger partial charge in [-0.1, -0.05) is 206 Å². The molecule has 0 spiro atoms. The van der Waals surface area contributed by atoms with Gasteiger partial charge in [-0.15, -0.1) is 0 Å². The van der Waals surface area contributed by atoms with Gasteiger partial charge >= 0.3 is 0 Å². The second-order valence-electron chi connectivity index (χ2n) is 18.1. The number of fused-ring (bicyclic) bond motifs is 5. The van der Waals surface area contributed by atoms with E-state index in [4.69, 9.17) is 0 Å². The van der Waals surface area contributed by atoms with Crippen LogP contribution in [0.2, 0.25) is 0 Å². The normalized spacial score (nSPS) is 11.4. The van der Waals surface area contributed by atoms with Gasteiger partial charge in [0, 0.05) is 33.1 Å². The zero-order chi connectivity index (χ0) is 46.4. The van der Waals surface area contributed by atoms with Gasteiger partial charge in [-0.25, -0.2) is 0 Å². The summed E-state index contributed by atoms with van der Waals surface area (Å²) in [5, 5.41) is 7.25. The molecule has 328 valence electrons. The summed E-state index contributed by atoms with van der Waals surface area (Å²) in [4.78, 5) is 2.45. The molecular weight excluding hydrogens is 845 g/mol. The monoisotopic (exact) mass is 890 g/mol. The van der Waals surface area contributed by atoms with Gasteiger partial charge in [0.1, 0.15) is 0 Å². The fourth-order valence-corrected chi connectivity index (χ4v) is 10.5. The van der Waals surface area contributed by atoms with Crippen molar-refractivity contribution >= 4 is 60.4 Å². The SMILES string of the molecule is c1ccc(-c2cccc(-c3cc(-c4cccc(-c5ccccc5)c4)cc(-n4c5ccccc5c5cc(-c6ccccc6N(c6ccc7ccccc7c6)c6cccc7ccccc67)ccc54)c3)c2)cc1. The minimum atomic E-state index is 1.11. The number of nitrogens with zero attached hydrogens (tertiary/aromatic N) is 2. The number of hydrogen-bond acceptors (Lipinski definition) is 1. The van der Waals surface area contributed by atoms with E-state index < -0.39 is 0 Å². The van der Waals surface area contributed by atoms with Gasteiger partial charge in [-0.05, 0) is 139 Å². The Bertz CT molecular complexity index is 3960. The first-order chi connectivity index (χ1) is 34.7. The maximum absolute atomic E-state index is 2.47. The number of aromatic nitrogens is 1. The van der Waals surface area contributed by atoms with E-state index in [1.54, 1.807) is 0 Å². The quantitative estimate of drug-likeness (QED) is 0.140. The lowest BCUT2D eigenvalue weighted by Crippen LogP contribution is -2.11. The fraction of sp³-hybridized carbons (Fsp3) is 0. The van der Waals surface area contributed by atoms with Crippen molar-refractivity contribution in [3.63, 3.8) is 0 Å². The van der Waals surface area contributed by atoms with Crippen molar-refractivity contribution < 1.29 is 0 Å². The zero-order valence-corrected chi connectivity index (χ0v) is 38.5. The Morgan fingerprint density at radius 3 is 1.46 bits per heavy atom. The van der Waals surface area contributed by atoms with E-state index >= 15 is 0 Å². The van der Waals surface area contributed by atoms with Crippen LogP contribution in [0, 0.1) is 0 Å². The highest BCUT2D eigenvalue weighted by Crippen LogP contribution is 2.46. The van der Waals surface area contributed by atoms with Crippen molar-refractivity contribution in [2.45, 2.75) is 0 Å². The van der Waals surface area contributed by atoms with Gasteiger partial charge in [-0.2, -0.15) is 0 Å². The highest BCUT2D eigenvalue weighted by atomic mass is 15.1. The van der Waals surface area contributed by atoms with Gasteiger partial charge in [0.15, 0.2) is 0 Å². The van der Waals surface area contributed by atoms with Crippen molar-refractivity contribution in [2.24, 2.45) is 0 Å². The molecule has 2 heteroatoms. The second kappa shape index (κ2) is 17.4. The molecule has 0 bridgehead atoms. The first kappa shape index (κ1) is 41.0. The van der Waals surface area contributed by atoms with Crippen LogP contribution < -0.4 is 4.90 Å². The largest absolute Gasteiger partial charge is 0.309 e. The minimum absolute atomic E-state index is 1.11. The third-order valence-corrected chi connectivity index (χ3v) is 13.9. The van der Waals surface area contributed by atoms with Crippen LogP contribution in [-0.2, 0) is 0 Å². The van der Waals surface area contributed by atoms with Crippen LogP contribution in [-0.4, -0.2) is 4.57 Å². The minimum Gasteiger partial charge on any atom is -0.309 e. The van der Waals surface area contributed by atoms with E-state index in [0.717, 1.165) is 56.0 Å². The average Bonchev–Trinajstić information content (AvgIpc) is 3.77. The maximum Gasteiger partial charge on any atom is 0.0541 e. The zero-order valence-electron chi connectivity index (χ0n) is 38.5. The number of anilines is 3. The van der Waals surface area contributed by atoms with Gasteiger partial charge in [0.2, 0.25) is 0 Å². The highest BCUT2D eigenvalue weighted by molar-refractivity contribution is 6.11. The first-order valence-electron chi connectivity index (χ1n) is 24.1. The molecule has 0 amide bonds. The van der Waals surface area contributed by atoms with Gasteiger partial charge in [0.25, 0.3) is 0 Å². The Hall–Kier alpha value is -9.24. The van der Waals surface area contributed by atoms with Crippen molar-refractivity contribution in [3.8, 4) is 61.3 Å². The summed E-state index contributed by atoms with van der Waals surface area (Å²) in [6.45, 7) is 0. The van der Waals surface area contributed by atoms with Crippen LogP contribution in [0.25, 0.3) is 105 Å². The standard InChI is InChI=1S/C68H46N2/c1-3-18-47(19-4-1)51-26-15-28-53(40-51)57-42-58(54-29-16-27-52(41-54)48-20-5-2-6-21-48)45-60(44-57)70-67-34-14-12-32-63(67)64-46-56(37-39-68(64)70)62-31-11-13-33-65(62)69(59-38-36-49-22-7-8-24-55(49)43-59)66-35-17-25-50-23-9-10-30-61(50)66/h1-46H. The highest BCUT2D eigenvalue weighted by Gasteiger charge is 2.21. The smallest absolute Gasteiger partial charge is 0.0541 e. The summed E-state index contributed by atoms with van der Waals surface area (Å²) in [7, 11) is 0. The Kier molecular flexibility index (Phi) is 10.2. The molecule has 0 saturated heterocycles. The summed E-state index contributed by atoms with van der Waals surface area (Å²) in [6, 6.07) is 102. The molecule has 0 radical (unpaired) electrons. The topological polar surface area (TPSA) is 8.17 Å². The third kappa shape index (κ3) is 7.40. The summed E-state index contributed by atoms with van der Waals surface area (Å²) >= 11 is 0. The summed E-state index contributed by atoms with van der Waals surface area (Å²) < 4.78 is 2.47. The molecule has 0 saturated carbocycles. The molecule has 2 nitrogen and oxygen atoms in total. The predicted molar refractivity (Wildman–Crippen MR) is 298 cm³/mol. The average molecular weight is 891 g/mol. The van der Waals surface area contributed by atoms with E-state index in [0.29, 0.717) is 0 Å². The Morgan fingerprint density at radius 2 is 0.743 bits per heavy atom. The molecule has 0 aliphatic carbocycles. The number of benzene rings is 12. The van der Waals surface area contributed by atoms with E-state index in [2.05, 4.69) is 289 Å². The molecule has 0 aliphatic heterocycles. The summed E-state index contributed by atoms with van der Waals surface area (Å²) in [6.07, 6.45) is 0. The van der Waals surface area contributed by atoms with Crippen LogP contribution in [0.3, 0.4) is 0 Å². The van der Waals surface area contributed by atoms with E-state index in [9.17, 15) is 0 Å². The van der Waals surface area contributed by atoms with Crippen LogP contribution in [0.5, 0.6) is 0 Å². The molecule has 13 aromatic rings. The number of rotatable bonds is 9. The van der Waals surface area contributed by atoms with Crippen molar-refractivity contribution in [1.82, 2.24) is 4.57 Å². The second-order valence-corrected chi connectivity index (χ2v) is 18.1. The molecule has 0 atom stereocenters. The molecular formula is C68H46N2. The van der Waals surface area contributed by atoms with E-state index in [1.807, 2.05) is 0 Å². The van der Waals surface area contributed by atoms with Gasteiger partial charge < -0.3 is 9.47 Å². The first-order valence-corrected chi connectivity index (χ1v) is 24.1. The molecule has 0 unspecified atom stereocenters. The summed E-state index contributed by atoms with van der Waals surface area (Å²) in [5.41, 5.74) is 18.6. The van der Waals surface area contributed by atoms with Crippen molar-refractivity contribution in [1.29, 1.82) is 0 Å². The maximum atomic E-state index is 2.47. The Labute approximate surface area is 408 Å². The molecule has 0 fully saturated rings. The van der Waals surface area contributed by atoms with E-state index in [-0.39, 0.29) is 0 Å². The van der Waals surface area contributed by atoms with E-state index in [1.165, 1.54) is 65.7 Å². The van der Waals surface area contributed by atoms with Crippen LogP contribution in [0.15, 0.2) is 279 Å². The predicted octanol–water partition coefficient (Wildman–Crippen LogP) is 18.9. The Balaban J connectivity index is 1.00. The Morgan fingerprint density at radius 1 is 0.243 bits per heavy atom. The summed E-state index contributed by atoms with van der Waals surface area (Å²) in [5.74, 6) is 0. The fourth-order valence-electron chi connectivity index (χ4n) is 10.5. The molecule has 70 heavy (non-hydrogen) atoms. The molecule has 1 heterocycles. The van der Waals surface area contributed by atoms with Crippen molar-refractivity contribution in [3.05, 3.63) is 279 Å². The van der Waals surface area contributed by atoms with Gasteiger partial charge in [0.05, 0.1) is 22.4 Å². The third-order valence-electron chi connectivity index (χ3n) is 13.9. The molecule has 0 N–H and O–H groups in total. The lowest BCUT2D eigenvalue weighted by atomic mass is 9.94.